The van der Waals surface area contributed by atoms with Crippen LogP contribution in [0.4, 0.5) is 0 Å². The Labute approximate surface area is 156 Å². The summed E-state index contributed by atoms with van der Waals surface area (Å²) in [5, 5.41) is 9.41. The summed E-state index contributed by atoms with van der Waals surface area (Å²) in [6.07, 6.45) is 2.96. The molecule has 0 N–H and O–H groups in total. The summed E-state index contributed by atoms with van der Waals surface area (Å²) in [6, 6.07) is 23.8. The standard InChI is InChI=1S/C22H14ClNO2/c23-21-4-2-1-3-19(21)11-14-22(25)26-20-12-9-18(10-13-20)17-7-5-16(15-24)6-8-17/h1-14H. The van der Waals surface area contributed by atoms with E-state index in [9.17, 15) is 4.79 Å². The third-order valence-electron chi connectivity index (χ3n) is 3.72. The third-order valence-corrected chi connectivity index (χ3v) is 4.07. The van der Waals surface area contributed by atoms with E-state index >= 15 is 0 Å². The molecule has 3 aromatic rings. The molecule has 3 aromatic carbocycles. The van der Waals surface area contributed by atoms with Crippen molar-refractivity contribution in [2.24, 2.45) is 0 Å². The monoisotopic (exact) mass is 359 g/mol. The average molecular weight is 360 g/mol. The maximum atomic E-state index is 11.9. The van der Waals surface area contributed by atoms with E-state index in [-0.39, 0.29) is 0 Å². The van der Waals surface area contributed by atoms with Crippen molar-refractivity contribution in [2.75, 3.05) is 0 Å². The Bertz CT molecular complexity index is 984. The molecule has 0 aliphatic carbocycles. The van der Waals surface area contributed by atoms with Gasteiger partial charge in [0.15, 0.2) is 0 Å². The van der Waals surface area contributed by atoms with Crippen LogP contribution in [0.25, 0.3) is 17.2 Å². The smallest absolute Gasteiger partial charge is 0.336 e. The maximum absolute atomic E-state index is 11.9. The lowest BCUT2D eigenvalue weighted by atomic mass is 10.0. The number of hydrogen-bond acceptors (Lipinski definition) is 3. The highest BCUT2D eigenvalue weighted by molar-refractivity contribution is 6.32. The van der Waals surface area contributed by atoms with Gasteiger partial charge < -0.3 is 4.74 Å². The first-order valence-electron chi connectivity index (χ1n) is 7.91. The predicted molar refractivity (Wildman–Crippen MR) is 103 cm³/mol. The molecule has 126 valence electrons. The molecule has 0 saturated carbocycles. The molecule has 0 aliphatic rings. The van der Waals surface area contributed by atoms with Gasteiger partial charge in [0, 0.05) is 11.1 Å². The van der Waals surface area contributed by atoms with Crippen molar-refractivity contribution in [3.8, 4) is 22.9 Å². The minimum absolute atomic E-state index is 0.455. The van der Waals surface area contributed by atoms with Gasteiger partial charge in [-0.2, -0.15) is 5.26 Å². The number of halogens is 1. The number of hydrogen-bond donors (Lipinski definition) is 0. The van der Waals surface area contributed by atoms with Gasteiger partial charge in [0.25, 0.3) is 0 Å². The molecule has 0 spiro atoms. The van der Waals surface area contributed by atoms with Crippen molar-refractivity contribution in [3.05, 3.63) is 95.0 Å². The molecule has 26 heavy (non-hydrogen) atoms. The van der Waals surface area contributed by atoms with Gasteiger partial charge in [-0.15, -0.1) is 0 Å². The van der Waals surface area contributed by atoms with Crippen LogP contribution in [0, 0.1) is 11.3 Å². The summed E-state index contributed by atoms with van der Waals surface area (Å²) >= 11 is 6.04. The lowest BCUT2D eigenvalue weighted by Gasteiger charge is -2.05. The normalized spacial score (nSPS) is 10.5. The number of benzene rings is 3. The van der Waals surface area contributed by atoms with Gasteiger partial charge in [-0.3, -0.25) is 0 Å². The Kier molecular flexibility index (Phi) is 5.48. The first-order chi connectivity index (χ1) is 12.7. The van der Waals surface area contributed by atoms with E-state index in [1.807, 2.05) is 42.5 Å². The van der Waals surface area contributed by atoms with Crippen molar-refractivity contribution < 1.29 is 9.53 Å². The molecule has 0 unspecified atom stereocenters. The van der Waals surface area contributed by atoms with Gasteiger partial charge >= 0.3 is 5.97 Å². The van der Waals surface area contributed by atoms with Crippen LogP contribution in [-0.4, -0.2) is 5.97 Å². The number of ether oxygens (including phenoxy) is 1. The molecular formula is C22H14ClNO2. The van der Waals surface area contributed by atoms with E-state index in [1.165, 1.54) is 6.08 Å². The highest BCUT2D eigenvalue weighted by Crippen LogP contribution is 2.23. The second kappa shape index (κ2) is 8.15. The second-order valence-corrected chi connectivity index (χ2v) is 5.90. The van der Waals surface area contributed by atoms with Gasteiger partial charge in [0.2, 0.25) is 0 Å². The van der Waals surface area contributed by atoms with Crippen LogP contribution in [0.5, 0.6) is 5.75 Å². The highest BCUT2D eigenvalue weighted by atomic mass is 35.5. The molecule has 0 heterocycles. The number of carbonyl (C=O) groups excluding carboxylic acids is 1. The molecule has 0 amide bonds. The van der Waals surface area contributed by atoms with E-state index in [4.69, 9.17) is 21.6 Å². The van der Waals surface area contributed by atoms with Crippen LogP contribution in [-0.2, 0) is 4.79 Å². The van der Waals surface area contributed by atoms with Crippen LogP contribution in [0.2, 0.25) is 5.02 Å². The average Bonchev–Trinajstić information content (AvgIpc) is 2.68. The van der Waals surface area contributed by atoms with Crippen molar-refractivity contribution in [3.63, 3.8) is 0 Å². The summed E-state index contributed by atoms with van der Waals surface area (Å²) < 4.78 is 5.29. The first kappa shape index (κ1) is 17.5. The van der Waals surface area contributed by atoms with E-state index in [0.717, 1.165) is 16.7 Å². The maximum Gasteiger partial charge on any atom is 0.336 e. The number of esters is 1. The van der Waals surface area contributed by atoms with Crippen LogP contribution in [0.3, 0.4) is 0 Å². The molecular weight excluding hydrogens is 346 g/mol. The summed E-state index contributed by atoms with van der Waals surface area (Å²) in [5.41, 5.74) is 3.33. The fraction of sp³-hybridized carbons (Fsp3) is 0. The Hall–Kier alpha value is -3.35. The fourth-order valence-corrected chi connectivity index (χ4v) is 2.57. The molecule has 0 aliphatic heterocycles. The Morgan fingerprint density at radius 3 is 2.15 bits per heavy atom. The van der Waals surface area contributed by atoms with Crippen molar-refractivity contribution >= 4 is 23.6 Å². The lowest BCUT2D eigenvalue weighted by Crippen LogP contribution is -2.03. The number of nitrogens with zero attached hydrogens (tertiary/aromatic N) is 1. The van der Waals surface area contributed by atoms with E-state index in [1.54, 1.807) is 36.4 Å². The molecule has 0 aromatic heterocycles. The third kappa shape index (κ3) is 4.38. The second-order valence-electron chi connectivity index (χ2n) is 5.49. The molecule has 0 atom stereocenters. The van der Waals surface area contributed by atoms with Crippen LogP contribution < -0.4 is 4.74 Å². The lowest BCUT2D eigenvalue weighted by molar-refractivity contribution is -0.128. The molecule has 3 rings (SSSR count). The van der Waals surface area contributed by atoms with Gasteiger partial charge in [0.05, 0.1) is 11.6 Å². The largest absolute Gasteiger partial charge is 0.423 e. The van der Waals surface area contributed by atoms with E-state index in [0.29, 0.717) is 16.3 Å². The van der Waals surface area contributed by atoms with Gasteiger partial charge in [0.1, 0.15) is 5.75 Å². The Morgan fingerprint density at radius 2 is 1.54 bits per heavy atom. The van der Waals surface area contributed by atoms with Gasteiger partial charge in [-0.25, -0.2) is 4.79 Å². The molecule has 0 bridgehead atoms. The topological polar surface area (TPSA) is 50.1 Å². The van der Waals surface area contributed by atoms with Crippen LogP contribution in [0.1, 0.15) is 11.1 Å². The highest BCUT2D eigenvalue weighted by Gasteiger charge is 2.03. The van der Waals surface area contributed by atoms with E-state index < -0.39 is 5.97 Å². The van der Waals surface area contributed by atoms with Crippen molar-refractivity contribution in [1.82, 2.24) is 0 Å². The van der Waals surface area contributed by atoms with Crippen molar-refractivity contribution in [2.45, 2.75) is 0 Å². The zero-order valence-electron chi connectivity index (χ0n) is 13.7. The SMILES string of the molecule is N#Cc1ccc(-c2ccc(OC(=O)C=Cc3ccccc3Cl)cc2)cc1. The summed E-state index contributed by atoms with van der Waals surface area (Å²) in [7, 11) is 0. The molecule has 0 radical (unpaired) electrons. The van der Waals surface area contributed by atoms with Gasteiger partial charge in [-0.1, -0.05) is 54.1 Å². The quantitative estimate of drug-likeness (QED) is 0.351. The Balaban J connectivity index is 1.66. The van der Waals surface area contributed by atoms with Crippen LogP contribution >= 0.6 is 11.6 Å². The van der Waals surface area contributed by atoms with Gasteiger partial charge in [-0.05, 0) is 53.1 Å². The number of carbonyl (C=O) groups is 1. The minimum Gasteiger partial charge on any atom is -0.423 e. The van der Waals surface area contributed by atoms with E-state index in [2.05, 4.69) is 6.07 Å². The zero-order chi connectivity index (χ0) is 18.4. The fourth-order valence-electron chi connectivity index (χ4n) is 2.37. The predicted octanol–water partition coefficient (Wildman–Crippen LogP) is 5.50. The zero-order valence-corrected chi connectivity index (χ0v) is 14.5. The molecule has 4 heteroatoms. The van der Waals surface area contributed by atoms with Crippen LogP contribution in [0.15, 0.2) is 78.9 Å². The summed E-state index contributed by atoms with van der Waals surface area (Å²) in [4.78, 5) is 11.9. The van der Waals surface area contributed by atoms with Crippen molar-refractivity contribution in [1.29, 1.82) is 5.26 Å². The number of nitriles is 1. The molecule has 0 fully saturated rings. The molecule has 0 saturated heterocycles. The molecule has 3 nitrogen and oxygen atoms in total. The Morgan fingerprint density at radius 1 is 0.923 bits per heavy atom. The first-order valence-corrected chi connectivity index (χ1v) is 8.28. The summed E-state index contributed by atoms with van der Waals surface area (Å²) in [5.74, 6) is -0.0211. The number of rotatable bonds is 4. The summed E-state index contributed by atoms with van der Waals surface area (Å²) in [6.45, 7) is 0. The minimum atomic E-state index is -0.476.